The number of nitrogens with zero attached hydrogens (tertiary/aromatic N) is 2. The van der Waals surface area contributed by atoms with Crippen molar-refractivity contribution in [3.8, 4) is 0 Å². The summed E-state index contributed by atoms with van der Waals surface area (Å²) in [6.45, 7) is 4.93. The van der Waals surface area contributed by atoms with Crippen molar-refractivity contribution < 1.29 is 84.4 Å². The van der Waals surface area contributed by atoms with Gasteiger partial charge in [0.2, 0.25) is 5.91 Å². The molecule has 2 saturated heterocycles. The fourth-order valence-electron chi connectivity index (χ4n) is 4.68. The first-order chi connectivity index (χ1) is 14.5. The van der Waals surface area contributed by atoms with Crippen molar-refractivity contribution >= 4 is 23.6 Å². The first-order valence-electron chi connectivity index (χ1n) is 10.0. The zero-order valence-electron chi connectivity index (χ0n) is 17.9. The molecule has 11 heteroatoms. The predicted octanol–water partition coefficient (Wildman–Crippen LogP) is -1.55. The summed E-state index contributed by atoms with van der Waals surface area (Å²) in [5.41, 5.74) is -0.223. The van der Waals surface area contributed by atoms with Crippen LogP contribution in [0.1, 0.15) is 25.0 Å². The molecule has 3 aliphatic rings. The van der Waals surface area contributed by atoms with Crippen molar-refractivity contribution in [1.82, 2.24) is 9.80 Å². The Kier molecular flexibility index (Phi) is 7.93. The van der Waals surface area contributed by atoms with Gasteiger partial charge in [0.1, 0.15) is 0 Å². The number of fused-ring (bicyclic) bond motifs is 1. The van der Waals surface area contributed by atoms with E-state index < -0.39 is 35.6 Å². The molecule has 0 radical (unpaired) electrons. The Morgan fingerprint density at radius 1 is 1.34 bits per heavy atom. The van der Waals surface area contributed by atoms with E-state index in [1.807, 2.05) is 11.8 Å². The molecule has 3 heterocycles. The number of benzene rings is 1. The molecule has 0 aromatic heterocycles. The third-order valence-corrected chi connectivity index (χ3v) is 7.63. The van der Waals surface area contributed by atoms with Gasteiger partial charge in [-0.15, -0.1) is 11.8 Å². The van der Waals surface area contributed by atoms with Crippen LogP contribution in [0.2, 0.25) is 0 Å². The summed E-state index contributed by atoms with van der Waals surface area (Å²) in [5, 5.41) is 21.7. The van der Waals surface area contributed by atoms with E-state index in [0.29, 0.717) is 30.1 Å². The number of thioether (sulfide) groups is 1. The molecule has 32 heavy (non-hydrogen) atoms. The Bertz CT molecular complexity index is 949. The number of carbonyl (C=O) groups is 2. The summed E-state index contributed by atoms with van der Waals surface area (Å²) in [7, 11) is 0. The molecule has 0 spiro atoms. The number of hydrogen-bond donors (Lipinski definition) is 1. The number of amides is 1. The van der Waals surface area contributed by atoms with Crippen molar-refractivity contribution in [3.05, 3.63) is 46.0 Å². The number of aliphatic hydroxyl groups is 1. The van der Waals surface area contributed by atoms with Gasteiger partial charge in [-0.3, -0.25) is 9.69 Å². The van der Waals surface area contributed by atoms with Crippen LogP contribution >= 0.6 is 11.8 Å². The Morgan fingerprint density at radius 3 is 2.56 bits per heavy atom. The molecule has 0 unspecified atom stereocenters. The van der Waals surface area contributed by atoms with E-state index in [1.54, 1.807) is 6.07 Å². The van der Waals surface area contributed by atoms with Crippen LogP contribution in [0, 0.1) is 11.8 Å². The molecule has 0 bridgehead atoms. The molecule has 3 aliphatic heterocycles. The van der Waals surface area contributed by atoms with E-state index in [9.17, 15) is 33.0 Å². The molecule has 168 valence electrons. The number of aliphatic carboxylic acids is 1. The van der Waals surface area contributed by atoms with Gasteiger partial charge in [-0.05, 0) is 18.6 Å². The number of alkyl halides is 3. The van der Waals surface area contributed by atoms with E-state index in [2.05, 4.69) is 0 Å². The average Bonchev–Trinajstić information content (AvgIpc) is 2.88. The van der Waals surface area contributed by atoms with E-state index in [0.717, 1.165) is 12.1 Å². The second-order valence-electron chi connectivity index (χ2n) is 8.39. The molecule has 1 aromatic rings. The molecule has 1 N–H and O–H groups in total. The number of halogens is 3. The van der Waals surface area contributed by atoms with Gasteiger partial charge in [0.25, 0.3) is 0 Å². The van der Waals surface area contributed by atoms with Gasteiger partial charge in [-0.25, -0.2) is 0 Å². The molecule has 1 aromatic carbocycles. The molecule has 0 saturated carbocycles. The standard InChI is InChI=1S/C21H23F3N2O4S.K/c1-10-16-15(11(2)27)19(28)26(16)17(20(29)30)18(10)31-14-8-25(9-14)7-12-4-3-5-13(6-12)21(22,23)24;/h3-6,10-11,14-16,27H,7-9H2,1-2H3,(H,29,30);/q;+1/p-1/t10-,11-,15-,16-;/m1./s1. The van der Waals surface area contributed by atoms with Gasteiger partial charge >= 0.3 is 57.6 Å². The summed E-state index contributed by atoms with van der Waals surface area (Å²) < 4.78 is 38.7. The first-order valence-corrected chi connectivity index (χ1v) is 10.9. The van der Waals surface area contributed by atoms with Crippen molar-refractivity contribution in [1.29, 1.82) is 0 Å². The predicted molar refractivity (Wildman–Crippen MR) is 105 cm³/mol. The van der Waals surface area contributed by atoms with Crippen LogP contribution in [0.25, 0.3) is 0 Å². The molecule has 1 amide bonds. The van der Waals surface area contributed by atoms with Crippen LogP contribution in [0.15, 0.2) is 34.9 Å². The van der Waals surface area contributed by atoms with Crippen LogP contribution in [0.3, 0.4) is 0 Å². The Hall–Kier alpha value is -0.404. The van der Waals surface area contributed by atoms with E-state index >= 15 is 0 Å². The smallest absolute Gasteiger partial charge is 0.543 e. The normalized spacial score (nSPS) is 26.9. The Labute approximate surface area is 230 Å². The summed E-state index contributed by atoms with van der Waals surface area (Å²) in [4.78, 5) is 27.9. The fraction of sp³-hybridized carbons (Fsp3) is 0.524. The second-order valence-corrected chi connectivity index (χ2v) is 9.73. The van der Waals surface area contributed by atoms with Gasteiger partial charge in [-0.2, -0.15) is 13.2 Å². The van der Waals surface area contributed by atoms with Crippen molar-refractivity contribution in [3.63, 3.8) is 0 Å². The molecule has 6 nitrogen and oxygen atoms in total. The minimum absolute atomic E-state index is 0. The molecule has 4 atom stereocenters. The third kappa shape index (κ3) is 4.72. The SMILES string of the molecule is C[C@@H](O)[C@H]1C(=O)N2C(C(=O)[O-])=C(SC3CN(Cc4cccc(C(F)(F)F)c4)C3)[C@H](C)[C@H]12.[K+]. The summed E-state index contributed by atoms with van der Waals surface area (Å²) >= 11 is 1.39. The number of aliphatic hydroxyl groups excluding tert-OH is 1. The topological polar surface area (TPSA) is 83.9 Å². The van der Waals surface area contributed by atoms with Crippen LogP contribution in [0.4, 0.5) is 13.2 Å². The van der Waals surface area contributed by atoms with Crippen LogP contribution in [0.5, 0.6) is 0 Å². The van der Waals surface area contributed by atoms with Crippen LogP contribution < -0.4 is 56.5 Å². The second kappa shape index (κ2) is 9.69. The number of carbonyl (C=O) groups excluding carboxylic acids is 2. The number of carboxylic acids is 1. The van der Waals surface area contributed by atoms with Crippen LogP contribution in [-0.2, 0) is 22.3 Å². The van der Waals surface area contributed by atoms with Crippen molar-refractivity contribution in [2.24, 2.45) is 11.8 Å². The zero-order chi connectivity index (χ0) is 22.7. The van der Waals surface area contributed by atoms with Gasteiger partial charge in [0.15, 0.2) is 0 Å². The van der Waals surface area contributed by atoms with Gasteiger partial charge in [-0.1, -0.05) is 25.1 Å². The first kappa shape index (κ1) is 26.2. The average molecular weight is 495 g/mol. The number of likely N-dealkylation sites (tertiary alicyclic amines) is 1. The minimum atomic E-state index is -4.38. The van der Waals surface area contributed by atoms with Gasteiger partial charge < -0.3 is 19.9 Å². The molecule has 0 aliphatic carbocycles. The number of rotatable bonds is 6. The van der Waals surface area contributed by atoms with E-state index in [-0.39, 0.29) is 74.3 Å². The summed E-state index contributed by atoms with van der Waals surface area (Å²) in [5.74, 6) is -2.66. The number of hydrogen-bond acceptors (Lipinski definition) is 6. The minimum Gasteiger partial charge on any atom is -0.543 e. The molecule has 2 fully saturated rings. The zero-order valence-corrected chi connectivity index (χ0v) is 21.9. The summed E-state index contributed by atoms with van der Waals surface area (Å²) in [6.07, 6.45) is -5.25. The van der Waals surface area contributed by atoms with E-state index in [1.165, 1.54) is 29.7 Å². The summed E-state index contributed by atoms with van der Waals surface area (Å²) in [6, 6.07) is 4.84. The molecular formula is C21H22F3KN2O4S. The monoisotopic (exact) mass is 494 g/mol. The van der Waals surface area contributed by atoms with E-state index in [4.69, 9.17) is 0 Å². The Morgan fingerprint density at radius 2 is 2.00 bits per heavy atom. The number of β-lactam (4-membered cyclic amide) rings is 1. The van der Waals surface area contributed by atoms with Gasteiger partial charge in [0, 0.05) is 35.7 Å². The third-order valence-electron chi connectivity index (χ3n) is 6.18. The van der Waals surface area contributed by atoms with Crippen molar-refractivity contribution in [2.75, 3.05) is 13.1 Å². The maximum atomic E-state index is 12.9. The maximum absolute atomic E-state index is 12.9. The fourth-order valence-corrected chi connectivity index (χ4v) is 6.26. The molecule has 4 rings (SSSR count). The van der Waals surface area contributed by atoms with Crippen LogP contribution in [-0.4, -0.2) is 57.3 Å². The Balaban J connectivity index is 0.00000289. The quantitative estimate of drug-likeness (QED) is 0.381. The number of carboxylic acid groups (broad SMARTS) is 1. The van der Waals surface area contributed by atoms with Gasteiger partial charge in [0.05, 0.1) is 35.3 Å². The largest absolute Gasteiger partial charge is 1.00 e. The van der Waals surface area contributed by atoms with Crippen molar-refractivity contribution in [2.45, 2.75) is 44.0 Å². The molecular weight excluding hydrogens is 472 g/mol. The maximum Gasteiger partial charge on any atom is 1.00 e.